The van der Waals surface area contributed by atoms with Gasteiger partial charge in [0, 0.05) is 0 Å². The Bertz CT molecular complexity index is 313. The van der Waals surface area contributed by atoms with Gasteiger partial charge < -0.3 is 9.84 Å². The summed E-state index contributed by atoms with van der Waals surface area (Å²) in [6, 6.07) is 0. The number of carbonyl (C=O) groups is 3. The fourth-order valence-corrected chi connectivity index (χ4v) is 1.17. The lowest BCUT2D eigenvalue weighted by atomic mass is 10.1. The van der Waals surface area contributed by atoms with Gasteiger partial charge in [0.1, 0.15) is 5.60 Å². The second kappa shape index (κ2) is 3.84. The smallest absolute Gasteiger partial charge is 0.328 e. The maximum Gasteiger partial charge on any atom is 0.328 e. The van der Waals surface area contributed by atoms with Gasteiger partial charge in [-0.2, -0.15) is 0 Å². The molecule has 82 valence electrons. The molecule has 0 saturated heterocycles. The van der Waals surface area contributed by atoms with Crippen LogP contribution >= 0.6 is 0 Å². The molecular weight excluding hydrogens is 200 g/mol. The predicted octanol–water partition coefficient (Wildman–Crippen LogP) is 0.538. The molecule has 1 atom stereocenters. The van der Waals surface area contributed by atoms with Gasteiger partial charge in [-0.3, -0.25) is 14.4 Å². The second-order valence-corrected chi connectivity index (χ2v) is 3.57. The molecule has 0 aromatic heterocycles. The summed E-state index contributed by atoms with van der Waals surface area (Å²) in [7, 11) is 0. The normalized spacial score (nSPS) is 18.7. The van der Waals surface area contributed by atoms with Crippen LogP contribution in [0.1, 0.15) is 19.8 Å². The topological polar surface area (TPSA) is 80.7 Å². The van der Waals surface area contributed by atoms with Gasteiger partial charge in [0.15, 0.2) is 5.78 Å². The minimum absolute atomic E-state index is 0.631. The van der Waals surface area contributed by atoms with Crippen LogP contribution in [0.3, 0.4) is 0 Å². The van der Waals surface area contributed by atoms with E-state index in [1.54, 1.807) is 0 Å². The Balaban J connectivity index is 2.69. The Kier molecular flexibility index (Phi) is 2.93. The van der Waals surface area contributed by atoms with Gasteiger partial charge in [-0.05, 0) is 25.8 Å². The minimum Gasteiger partial charge on any atom is -0.480 e. The van der Waals surface area contributed by atoms with Crippen LogP contribution in [0.15, 0.2) is 12.7 Å². The number of carbonyl (C=O) groups excluding carboxylic acids is 2. The number of rotatable bonds is 5. The van der Waals surface area contributed by atoms with Crippen molar-refractivity contribution in [1.82, 2.24) is 0 Å². The maximum absolute atomic E-state index is 11.4. The highest BCUT2D eigenvalue weighted by Crippen LogP contribution is 2.41. The first kappa shape index (κ1) is 11.4. The third-order valence-corrected chi connectivity index (χ3v) is 2.31. The average molecular weight is 212 g/mol. The molecule has 0 amide bonds. The lowest BCUT2D eigenvalue weighted by molar-refractivity contribution is -0.163. The van der Waals surface area contributed by atoms with Crippen LogP contribution in [0.25, 0.3) is 0 Å². The van der Waals surface area contributed by atoms with E-state index in [9.17, 15) is 14.4 Å². The molecule has 0 aromatic rings. The van der Waals surface area contributed by atoms with Crippen LogP contribution in [-0.2, 0) is 19.1 Å². The number of hydrogen-bond donors (Lipinski definition) is 1. The number of aliphatic carboxylic acids is 1. The summed E-state index contributed by atoms with van der Waals surface area (Å²) in [5.74, 6) is -4.94. The lowest BCUT2D eigenvalue weighted by Gasteiger charge is -2.14. The summed E-state index contributed by atoms with van der Waals surface area (Å²) in [5.41, 5.74) is -0.736. The van der Waals surface area contributed by atoms with E-state index in [-0.39, 0.29) is 0 Å². The van der Waals surface area contributed by atoms with Gasteiger partial charge in [0.2, 0.25) is 5.92 Å². The maximum atomic E-state index is 11.4. The Morgan fingerprint density at radius 3 is 2.27 bits per heavy atom. The van der Waals surface area contributed by atoms with E-state index in [1.165, 1.54) is 6.08 Å². The molecule has 0 aromatic carbocycles. The largest absolute Gasteiger partial charge is 0.480 e. The van der Waals surface area contributed by atoms with Gasteiger partial charge in [-0.15, -0.1) is 0 Å². The van der Waals surface area contributed by atoms with Crippen LogP contribution in [-0.4, -0.2) is 28.4 Å². The Morgan fingerprint density at radius 1 is 1.47 bits per heavy atom. The first-order chi connectivity index (χ1) is 6.92. The fraction of sp³-hybridized carbons (Fsp3) is 0.500. The van der Waals surface area contributed by atoms with Crippen LogP contribution in [0, 0.1) is 5.92 Å². The van der Waals surface area contributed by atoms with Crippen molar-refractivity contribution >= 4 is 17.7 Å². The SMILES string of the molecule is C=CC1(OC(=O)[C@@H](C(C)=O)C(=O)O)CC1. The Hall–Kier alpha value is -1.65. The molecule has 1 rings (SSSR count). The second-order valence-electron chi connectivity index (χ2n) is 3.57. The van der Waals surface area contributed by atoms with Crippen LogP contribution < -0.4 is 0 Å². The van der Waals surface area contributed by atoms with E-state index in [0.717, 1.165) is 6.92 Å². The molecule has 0 radical (unpaired) electrons. The van der Waals surface area contributed by atoms with Crippen LogP contribution in [0.2, 0.25) is 0 Å². The van der Waals surface area contributed by atoms with E-state index in [0.29, 0.717) is 12.8 Å². The molecule has 1 fully saturated rings. The molecule has 0 aliphatic heterocycles. The Morgan fingerprint density at radius 2 is 2.00 bits per heavy atom. The van der Waals surface area contributed by atoms with Crippen molar-refractivity contribution in [2.24, 2.45) is 5.92 Å². The van der Waals surface area contributed by atoms with Crippen molar-refractivity contribution < 1.29 is 24.2 Å². The van der Waals surface area contributed by atoms with Crippen molar-refractivity contribution in [3.63, 3.8) is 0 Å². The highest BCUT2D eigenvalue weighted by atomic mass is 16.6. The van der Waals surface area contributed by atoms with Crippen LogP contribution in [0.5, 0.6) is 0 Å². The Labute approximate surface area is 86.7 Å². The summed E-state index contributed by atoms with van der Waals surface area (Å²) in [6.45, 7) is 4.54. The van der Waals surface area contributed by atoms with Crippen molar-refractivity contribution in [2.75, 3.05) is 0 Å². The molecule has 0 unspecified atom stereocenters. The molecule has 15 heavy (non-hydrogen) atoms. The molecule has 1 N–H and O–H groups in total. The molecule has 0 spiro atoms. The number of ketones is 1. The molecule has 1 aliphatic carbocycles. The zero-order valence-electron chi connectivity index (χ0n) is 8.36. The highest BCUT2D eigenvalue weighted by Gasteiger charge is 2.46. The number of carboxylic acids is 1. The monoisotopic (exact) mass is 212 g/mol. The van der Waals surface area contributed by atoms with E-state index in [1.807, 2.05) is 0 Å². The third kappa shape index (κ3) is 2.43. The molecule has 1 saturated carbocycles. The van der Waals surface area contributed by atoms with Crippen molar-refractivity contribution in [3.8, 4) is 0 Å². The lowest BCUT2D eigenvalue weighted by Crippen LogP contribution is -2.34. The summed E-state index contributed by atoms with van der Waals surface area (Å²) >= 11 is 0. The minimum atomic E-state index is -1.72. The number of Topliss-reactive ketones (excluding diaryl/α,β-unsaturated/α-hetero) is 1. The number of ether oxygens (including phenoxy) is 1. The molecular formula is C10H12O5. The first-order valence-electron chi connectivity index (χ1n) is 4.51. The summed E-state index contributed by atoms with van der Waals surface area (Å²) in [6.07, 6.45) is 2.73. The average Bonchev–Trinajstić information content (AvgIpc) is 2.83. The van der Waals surface area contributed by atoms with E-state index < -0.39 is 29.2 Å². The predicted molar refractivity (Wildman–Crippen MR) is 50.1 cm³/mol. The molecule has 0 bridgehead atoms. The van der Waals surface area contributed by atoms with Crippen molar-refractivity contribution in [2.45, 2.75) is 25.4 Å². The molecule has 1 aliphatic rings. The van der Waals surface area contributed by atoms with Gasteiger partial charge in [-0.25, -0.2) is 0 Å². The zero-order valence-corrected chi connectivity index (χ0v) is 8.36. The van der Waals surface area contributed by atoms with Crippen molar-refractivity contribution in [1.29, 1.82) is 0 Å². The quantitative estimate of drug-likeness (QED) is 0.408. The first-order valence-corrected chi connectivity index (χ1v) is 4.51. The third-order valence-electron chi connectivity index (χ3n) is 2.31. The number of carboxylic acid groups (broad SMARTS) is 1. The van der Waals surface area contributed by atoms with E-state index in [4.69, 9.17) is 9.84 Å². The summed E-state index contributed by atoms with van der Waals surface area (Å²) in [5, 5.41) is 8.66. The zero-order chi connectivity index (χ0) is 11.6. The van der Waals surface area contributed by atoms with Crippen molar-refractivity contribution in [3.05, 3.63) is 12.7 Å². The molecule has 5 nitrogen and oxygen atoms in total. The van der Waals surface area contributed by atoms with Crippen LogP contribution in [0.4, 0.5) is 0 Å². The molecule has 0 heterocycles. The number of esters is 1. The van der Waals surface area contributed by atoms with Gasteiger partial charge >= 0.3 is 11.9 Å². The van der Waals surface area contributed by atoms with Gasteiger partial charge in [0.25, 0.3) is 0 Å². The fourth-order valence-electron chi connectivity index (χ4n) is 1.17. The summed E-state index contributed by atoms with van der Waals surface area (Å²) < 4.78 is 4.92. The highest BCUT2D eigenvalue weighted by molar-refractivity contribution is 6.13. The van der Waals surface area contributed by atoms with E-state index in [2.05, 4.69) is 6.58 Å². The summed E-state index contributed by atoms with van der Waals surface area (Å²) in [4.78, 5) is 32.9. The van der Waals surface area contributed by atoms with E-state index >= 15 is 0 Å². The van der Waals surface area contributed by atoms with Gasteiger partial charge in [-0.1, -0.05) is 6.58 Å². The standard InChI is InChI=1S/C10H12O5/c1-3-10(4-5-10)15-9(14)7(6(2)11)8(12)13/h3,7H,1,4-5H2,2H3,(H,12,13)/t7-/m0/s1. The van der Waals surface area contributed by atoms with Gasteiger partial charge in [0.05, 0.1) is 0 Å². The number of hydrogen-bond acceptors (Lipinski definition) is 4. The molecule has 5 heteroatoms.